The molecule has 5 N–H and O–H groups in total. The number of aromatic hydroxyl groups is 1. The molecule has 0 saturated carbocycles. The van der Waals surface area contributed by atoms with Crippen LogP contribution >= 0.6 is 0 Å². The summed E-state index contributed by atoms with van der Waals surface area (Å²) in [6, 6.07) is 10.8. The van der Waals surface area contributed by atoms with Crippen LogP contribution in [-0.4, -0.2) is 23.1 Å². The summed E-state index contributed by atoms with van der Waals surface area (Å²) in [4.78, 5) is 12.0. The van der Waals surface area contributed by atoms with Crippen molar-refractivity contribution in [3.8, 4) is 11.5 Å². The molecule has 2 rings (SSSR count). The zero-order valence-electron chi connectivity index (χ0n) is 16.2. The minimum Gasteiger partial charge on any atom is -0.507 e. The Bertz CT molecular complexity index is 870. The van der Waals surface area contributed by atoms with Crippen LogP contribution in [0.3, 0.4) is 0 Å². The van der Waals surface area contributed by atoms with Gasteiger partial charge in [0.1, 0.15) is 18.1 Å². The van der Waals surface area contributed by atoms with Crippen molar-refractivity contribution in [3.05, 3.63) is 58.7 Å². The van der Waals surface area contributed by atoms with Crippen LogP contribution in [-0.2, 0) is 13.0 Å². The number of rotatable bonds is 9. The Hall–Kier alpha value is -3.35. The van der Waals surface area contributed by atoms with Crippen molar-refractivity contribution in [2.24, 2.45) is 21.7 Å². The van der Waals surface area contributed by atoms with Gasteiger partial charge < -0.3 is 21.3 Å². The number of Topliss-reactive ketones (excluding diaryl/α,β-unsaturated/α-hetero) is 1. The number of phenolic OH excluding ortho intramolecular Hbond substituents is 1. The summed E-state index contributed by atoms with van der Waals surface area (Å²) in [5, 5.41) is 17.8. The summed E-state index contributed by atoms with van der Waals surface area (Å²) < 4.78 is 5.85. The first-order chi connectivity index (χ1) is 13.5. The lowest BCUT2D eigenvalue weighted by Crippen LogP contribution is -2.21. The summed E-state index contributed by atoms with van der Waals surface area (Å²) in [5.74, 6) is 0.574. The molecule has 0 fully saturated rings. The molecule has 0 spiro atoms. The maximum Gasteiger partial charge on any atom is 0.211 e. The van der Waals surface area contributed by atoms with Gasteiger partial charge in [-0.3, -0.25) is 4.79 Å². The second kappa shape index (κ2) is 10.1. The zero-order valence-corrected chi connectivity index (χ0v) is 16.2. The molecule has 0 saturated heterocycles. The molecule has 7 heteroatoms. The molecular weight excluding hydrogens is 356 g/mol. The highest BCUT2D eigenvalue weighted by atomic mass is 16.5. The molecular formula is C21H26N4O3. The van der Waals surface area contributed by atoms with Crippen molar-refractivity contribution in [1.82, 2.24) is 0 Å². The second-order valence-corrected chi connectivity index (χ2v) is 6.25. The molecule has 0 aliphatic heterocycles. The number of ether oxygens (including phenoxy) is 1. The monoisotopic (exact) mass is 382 g/mol. The average Bonchev–Trinajstić information content (AvgIpc) is 2.68. The first-order valence-electron chi connectivity index (χ1n) is 9.18. The number of benzene rings is 2. The second-order valence-electron chi connectivity index (χ2n) is 6.25. The number of carbonyl (C=O) groups is 1. The summed E-state index contributed by atoms with van der Waals surface area (Å²) in [5.41, 5.74) is 13.3. The molecule has 0 amide bonds. The lowest BCUT2D eigenvalue weighted by molar-refractivity contribution is 0.0985. The van der Waals surface area contributed by atoms with Crippen molar-refractivity contribution in [2.45, 2.75) is 39.7 Å². The van der Waals surface area contributed by atoms with Gasteiger partial charge in [-0.15, -0.1) is 5.10 Å². The van der Waals surface area contributed by atoms with Crippen LogP contribution in [0, 0.1) is 0 Å². The highest BCUT2D eigenvalue weighted by molar-refractivity contribution is 5.98. The number of ketones is 1. The van der Waals surface area contributed by atoms with Gasteiger partial charge in [-0.25, -0.2) is 0 Å². The van der Waals surface area contributed by atoms with E-state index in [1.807, 2.05) is 37.3 Å². The van der Waals surface area contributed by atoms with E-state index in [4.69, 9.17) is 16.2 Å². The molecule has 7 nitrogen and oxygen atoms in total. The van der Waals surface area contributed by atoms with E-state index in [0.29, 0.717) is 30.8 Å². The van der Waals surface area contributed by atoms with E-state index in [1.54, 1.807) is 13.0 Å². The number of nitrogens with zero attached hydrogens (tertiary/aromatic N) is 2. The van der Waals surface area contributed by atoms with Gasteiger partial charge in [0, 0.05) is 12.0 Å². The fraction of sp³-hybridized carbons (Fsp3) is 0.286. The quantitative estimate of drug-likeness (QED) is 0.266. The van der Waals surface area contributed by atoms with Crippen LogP contribution in [0.2, 0.25) is 0 Å². The number of phenols is 1. The third-order valence-corrected chi connectivity index (χ3v) is 4.16. The summed E-state index contributed by atoms with van der Waals surface area (Å²) in [6.07, 6.45) is 3.42. The van der Waals surface area contributed by atoms with Crippen molar-refractivity contribution in [3.63, 3.8) is 0 Å². The van der Waals surface area contributed by atoms with E-state index in [9.17, 15) is 9.90 Å². The Labute approximate surface area is 164 Å². The highest BCUT2D eigenvalue weighted by Crippen LogP contribution is 2.29. The van der Waals surface area contributed by atoms with Gasteiger partial charge in [0.05, 0.1) is 11.8 Å². The van der Waals surface area contributed by atoms with Crippen LogP contribution in [0.4, 0.5) is 0 Å². The van der Waals surface area contributed by atoms with Gasteiger partial charge >= 0.3 is 0 Å². The van der Waals surface area contributed by atoms with Crippen molar-refractivity contribution in [1.29, 1.82) is 0 Å². The van der Waals surface area contributed by atoms with Crippen molar-refractivity contribution < 1.29 is 14.6 Å². The fourth-order valence-electron chi connectivity index (χ4n) is 2.73. The first-order valence-corrected chi connectivity index (χ1v) is 9.18. The van der Waals surface area contributed by atoms with E-state index in [0.717, 1.165) is 23.1 Å². The Morgan fingerprint density at radius 3 is 2.46 bits per heavy atom. The maximum absolute atomic E-state index is 12.0. The van der Waals surface area contributed by atoms with E-state index in [2.05, 4.69) is 10.2 Å². The lowest BCUT2D eigenvalue weighted by Gasteiger charge is -2.15. The van der Waals surface area contributed by atoms with E-state index in [1.165, 1.54) is 6.21 Å². The van der Waals surface area contributed by atoms with E-state index >= 15 is 0 Å². The lowest BCUT2D eigenvalue weighted by atomic mass is 9.96. The first kappa shape index (κ1) is 21.0. The molecule has 148 valence electrons. The van der Waals surface area contributed by atoms with Crippen LogP contribution in [0.15, 0.2) is 46.6 Å². The van der Waals surface area contributed by atoms with Gasteiger partial charge in [0.15, 0.2) is 5.78 Å². The minimum absolute atomic E-state index is 0.0692. The SMILES string of the molecule is CCCc1c(COc2ccc(C=NN=C(N)N)cc2)ccc(C(=O)CC)c1O. The van der Waals surface area contributed by atoms with Crippen LogP contribution in [0.5, 0.6) is 11.5 Å². The van der Waals surface area contributed by atoms with Gasteiger partial charge in [-0.1, -0.05) is 26.3 Å². The van der Waals surface area contributed by atoms with Gasteiger partial charge in [0.25, 0.3) is 0 Å². The summed E-state index contributed by atoms with van der Waals surface area (Å²) in [6.45, 7) is 4.11. The zero-order chi connectivity index (χ0) is 20.5. The summed E-state index contributed by atoms with van der Waals surface area (Å²) >= 11 is 0. The van der Waals surface area contributed by atoms with Crippen LogP contribution < -0.4 is 16.2 Å². The standard InChI is InChI=1S/C21H26N4O3/c1-3-5-17-15(8-11-18(20(17)27)19(26)4-2)13-28-16-9-6-14(7-10-16)12-24-25-21(22)23/h6-12,27H,3-5,13H2,1-2H3,(H4,22,23,25). The third kappa shape index (κ3) is 5.57. The molecule has 28 heavy (non-hydrogen) atoms. The molecule has 0 radical (unpaired) electrons. The molecule has 0 aliphatic carbocycles. The number of guanidine groups is 1. The Morgan fingerprint density at radius 1 is 1.14 bits per heavy atom. The fourth-order valence-corrected chi connectivity index (χ4v) is 2.73. The predicted molar refractivity (Wildman–Crippen MR) is 111 cm³/mol. The summed E-state index contributed by atoms with van der Waals surface area (Å²) in [7, 11) is 0. The molecule has 0 aromatic heterocycles. The van der Waals surface area contributed by atoms with Gasteiger partial charge in [-0.05, 0) is 47.9 Å². The number of nitrogens with two attached hydrogens (primary N) is 2. The van der Waals surface area contributed by atoms with Gasteiger partial charge in [-0.2, -0.15) is 5.10 Å². The average molecular weight is 382 g/mol. The minimum atomic E-state index is -0.103. The molecule has 2 aromatic carbocycles. The van der Waals surface area contributed by atoms with Crippen LogP contribution in [0.1, 0.15) is 53.7 Å². The highest BCUT2D eigenvalue weighted by Gasteiger charge is 2.16. The molecule has 0 bridgehead atoms. The van der Waals surface area contributed by atoms with Crippen molar-refractivity contribution >= 4 is 18.0 Å². The Balaban J connectivity index is 2.13. The molecule has 0 unspecified atom stereocenters. The number of carbonyl (C=O) groups excluding carboxylic acids is 1. The molecule has 0 heterocycles. The maximum atomic E-state index is 12.0. The van der Waals surface area contributed by atoms with Crippen LogP contribution in [0.25, 0.3) is 0 Å². The molecule has 0 atom stereocenters. The van der Waals surface area contributed by atoms with E-state index in [-0.39, 0.29) is 17.5 Å². The third-order valence-electron chi connectivity index (χ3n) is 4.16. The number of hydrogen-bond donors (Lipinski definition) is 3. The van der Waals surface area contributed by atoms with Crippen molar-refractivity contribution in [2.75, 3.05) is 0 Å². The molecule has 0 aliphatic rings. The van der Waals surface area contributed by atoms with Gasteiger partial charge in [0.2, 0.25) is 5.96 Å². The van der Waals surface area contributed by atoms with E-state index < -0.39 is 0 Å². The number of hydrogen-bond acceptors (Lipinski definition) is 5. The topological polar surface area (TPSA) is 123 Å². The Kier molecular flexibility index (Phi) is 7.56. The normalized spacial score (nSPS) is 10.8. The predicted octanol–water partition coefficient (Wildman–Crippen LogP) is 3.12. The largest absolute Gasteiger partial charge is 0.507 e. The molecule has 2 aromatic rings. The Morgan fingerprint density at radius 2 is 1.86 bits per heavy atom. The smallest absolute Gasteiger partial charge is 0.211 e.